The number of carbonyl (C=O) groups is 7. The number of benzene rings is 1. The zero-order valence-corrected chi connectivity index (χ0v) is 31.0. The Kier molecular flexibility index (Phi) is 22.8. The van der Waals surface area contributed by atoms with Gasteiger partial charge in [-0.2, -0.15) is 12.6 Å². The molecule has 50 heavy (non-hydrogen) atoms. The minimum absolute atomic E-state index is 0.00462. The second kappa shape index (κ2) is 24.9. The van der Waals surface area contributed by atoms with Gasteiger partial charge >= 0.3 is 0 Å². The van der Waals surface area contributed by atoms with Gasteiger partial charge < -0.3 is 30.7 Å². The summed E-state index contributed by atoms with van der Waals surface area (Å²) in [5.41, 5.74) is 1.14. The number of thiol groups is 1. The first-order valence-electron chi connectivity index (χ1n) is 16.5. The highest BCUT2D eigenvalue weighted by Crippen LogP contribution is 2.20. The van der Waals surface area contributed by atoms with Gasteiger partial charge in [0.2, 0.25) is 43.8 Å². The van der Waals surface area contributed by atoms with E-state index in [0.29, 0.717) is 30.6 Å². The van der Waals surface area contributed by atoms with Crippen LogP contribution in [0.4, 0.5) is 10.5 Å². The van der Waals surface area contributed by atoms with Crippen molar-refractivity contribution in [3.63, 3.8) is 0 Å². The molecule has 0 aliphatic carbocycles. The third kappa shape index (κ3) is 19.1. The van der Waals surface area contributed by atoms with Crippen LogP contribution in [-0.4, -0.2) is 97.7 Å². The number of imide groups is 1. The summed E-state index contributed by atoms with van der Waals surface area (Å²) >= 11 is 4.51. The summed E-state index contributed by atoms with van der Waals surface area (Å²) in [4.78, 5) is 84.9. The van der Waals surface area contributed by atoms with Crippen molar-refractivity contribution in [3.05, 3.63) is 42.0 Å². The Labute approximate surface area is 302 Å². The first kappa shape index (κ1) is 45.8. The van der Waals surface area contributed by atoms with E-state index in [0.717, 1.165) is 4.90 Å². The number of amides is 6. The molecule has 4 N–H and O–H groups in total. The molecular weight excluding hydrogens is 665 g/mol. The second-order valence-corrected chi connectivity index (χ2v) is 12.5. The molecule has 0 aromatic heterocycles. The van der Waals surface area contributed by atoms with Crippen molar-refractivity contribution in [2.45, 2.75) is 91.2 Å². The third-order valence-electron chi connectivity index (χ3n) is 6.93. The Morgan fingerprint density at radius 3 is 2.22 bits per heavy atom. The first-order chi connectivity index (χ1) is 23.6. The van der Waals surface area contributed by atoms with Gasteiger partial charge in [-0.25, -0.2) is 0 Å². The van der Waals surface area contributed by atoms with Crippen molar-refractivity contribution in [2.24, 2.45) is 5.92 Å². The van der Waals surface area contributed by atoms with Gasteiger partial charge in [0.15, 0.2) is 0 Å². The molecule has 16 heteroatoms. The lowest BCUT2D eigenvalue weighted by Gasteiger charge is -2.28. The molecule has 0 spiro atoms. The van der Waals surface area contributed by atoms with E-state index in [1.165, 1.54) is 12.2 Å². The number of nitrogens with one attached hydrogen (secondary N) is 4. The molecule has 3 atom stereocenters. The minimum atomic E-state index is -1.18. The van der Waals surface area contributed by atoms with E-state index in [1.807, 2.05) is 20.8 Å². The molecule has 0 aliphatic rings. The lowest BCUT2D eigenvalue weighted by molar-refractivity contribution is -0.135. The SMILES string of the molecule is CC.[B]C(=O)OCc1ccc(NC(=O)CNC(=O)C(NC(=O)C(C)(S)CCOC(C)CCNC(=O)CCN(C=O)C(=O)/C=C\C)C(C)C)cc1. The Morgan fingerprint density at radius 2 is 1.66 bits per heavy atom. The maximum absolute atomic E-state index is 13.1. The molecule has 1 aromatic carbocycles. The Morgan fingerprint density at radius 1 is 1.02 bits per heavy atom. The van der Waals surface area contributed by atoms with E-state index < -0.39 is 40.3 Å². The highest BCUT2D eigenvalue weighted by molar-refractivity contribution is 7.82. The zero-order valence-electron chi connectivity index (χ0n) is 30.1. The fraction of sp³-hybridized carbons (Fsp3) is 0.559. The smallest absolute Gasteiger partial charge is 0.252 e. The van der Waals surface area contributed by atoms with Gasteiger partial charge in [0.05, 0.1) is 17.4 Å². The molecule has 0 heterocycles. The van der Waals surface area contributed by atoms with Crippen LogP contribution in [0.2, 0.25) is 0 Å². The molecule has 1 rings (SSSR count). The summed E-state index contributed by atoms with van der Waals surface area (Å²) in [6.45, 7) is 12.7. The molecule has 0 bridgehead atoms. The maximum Gasteiger partial charge on any atom is 0.252 e. The lowest BCUT2D eigenvalue weighted by atomic mass is 10.0. The predicted molar refractivity (Wildman–Crippen MR) is 194 cm³/mol. The van der Waals surface area contributed by atoms with Crippen LogP contribution in [0.3, 0.4) is 0 Å². The van der Waals surface area contributed by atoms with Crippen molar-refractivity contribution in [1.82, 2.24) is 20.9 Å². The van der Waals surface area contributed by atoms with Gasteiger partial charge in [-0.1, -0.05) is 45.9 Å². The predicted octanol–water partition coefficient (Wildman–Crippen LogP) is 2.65. The monoisotopic (exact) mass is 717 g/mol. The van der Waals surface area contributed by atoms with Crippen molar-refractivity contribution in [1.29, 1.82) is 0 Å². The van der Waals surface area contributed by atoms with Crippen molar-refractivity contribution in [2.75, 3.05) is 31.6 Å². The standard InChI is InChI=1S/C32H46BN5O9S.C2H6/c1-6-7-27(42)38(20-39)16-13-25(40)34-15-12-22(4)46-17-14-32(5,48)30(44)37-28(21(2)3)29(43)35-18-26(41)36-24-10-8-23(9-11-24)19-47-31(33)45;1-2/h6-11,20-22,28,48H,12-19H2,1-5H3,(H,34,40)(H,35,43)(H,36,41)(H,37,44);1-2H3/b7-6-;. The third-order valence-corrected chi connectivity index (χ3v) is 7.36. The van der Waals surface area contributed by atoms with Gasteiger partial charge in [0.1, 0.15) is 12.6 Å². The Balaban J connectivity index is 0.0000118. The van der Waals surface area contributed by atoms with Gasteiger partial charge in [-0.15, -0.1) is 0 Å². The normalized spacial score (nSPS) is 13.1. The van der Waals surface area contributed by atoms with Crippen LogP contribution >= 0.6 is 12.6 Å². The summed E-state index contributed by atoms with van der Waals surface area (Å²) < 4.78 is 9.32. The number of ether oxygens (including phenoxy) is 2. The van der Waals surface area contributed by atoms with Crippen molar-refractivity contribution in [3.8, 4) is 0 Å². The van der Waals surface area contributed by atoms with E-state index in [1.54, 1.807) is 52.0 Å². The molecule has 276 valence electrons. The average Bonchev–Trinajstić information content (AvgIpc) is 3.06. The number of nitrogens with zero attached hydrogens (tertiary/aromatic N) is 1. The number of anilines is 1. The summed E-state index contributed by atoms with van der Waals surface area (Å²) in [5.74, 6) is -3.49. The van der Waals surface area contributed by atoms with E-state index in [4.69, 9.17) is 17.3 Å². The van der Waals surface area contributed by atoms with Crippen LogP contribution in [0.5, 0.6) is 0 Å². The lowest BCUT2D eigenvalue weighted by Crippen LogP contribution is -2.55. The molecule has 2 radical (unpaired) electrons. The number of hydrogen-bond donors (Lipinski definition) is 5. The Hall–Kier alpha value is -4.18. The molecule has 1 aromatic rings. The van der Waals surface area contributed by atoms with E-state index in [-0.39, 0.29) is 57.1 Å². The molecule has 0 saturated carbocycles. The largest absolute Gasteiger partial charge is 0.470 e. The van der Waals surface area contributed by atoms with E-state index in [9.17, 15) is 33.6 Å². The van der Waals surface area contributed by atoms with Gasteiger partial charge in [0, 0.05) is 31.8 Å². The fourth-order valence-corrected chi connectivity index (χ4v) is 4.14. The molecular formula is C34H52BN5O9S. The summed E-state index contributed by atoms with van der Waals surface area (Å²) in [6, 6.07) is 5.58. The number of allylic oxidation sites excluding steroid dienone is 1. The summed E-state index contributed by atoms with van der Waals surface area (Å²) in [5, 5.41) is 10.6. The van der Waals surface area contributed by atoms with Crippen LogP contribution in [0.25, 0.3) is 0 Å². The quantitative estimate of drug-likeness (QED) is 0.0551. The number of hydrogen-bond acceptors (Lipinski definition) is 10. The molecule has 6 amide bonds. The number of carbonyl (C=O) groups excluding carboxylic acids is 7. The highest BCUT2D eigenvalue weighted by Gasteiger charge is 2.33. The molecule has 0 aliphatic heterocycles. The van der Waals surface area contributed by atoms with Gasteiger partial charge in [-0.3, -0.25) is 38.5 Å². The summed E-state index contributed by atoms with van der Waals surface area (Å²) in [6.07, 6.45) is 3.56. The zero-order chi connectivity index (χ0) is 38.3. The van der Waals surface area contributed by atoms with Crippen molar-refractivity contribution >= 4 is 68.0 Å². The summed E-state index contributed by atoms with van der Waals surface area (Å²) in [7, 11) is 4.95. The van der Waals surface area contributed by atoms with Gasteiger partial charge in [0.25, 0.3) is 5.91 Å². The van der Waals surface area contributed by atoms with E-state index in [2.05, 4.69) is 33.9 Å². The van der Waals surface area contributed by atoms with Gasteiger partial charge in [-0.05, 0) is 63.3 Å². The first-order valence-corrected chi connectivity index (χ1v) is 16.9. The number of rotatable bonds is 21. The maximum atomic E-state index is 13.1. The van der Waals surface area contributed by atoms with Crippen LogP contribution < -0.4 is 21.3 Å². The van der Waals surface area contributed by atoms with E-state index >= 15 is 0 Å². The molecule has 14 nitrogen and oxygen atoms in total. The fourth-order valence-electron chi connectivity index (χ4n) is 3.99. The van der Waals surface area contributed by atoms with Crippen LogP contribution in [0.1, 0.15) is 73.3 Å². The minimum Gasteiger partial charge on any atom is -0.470 e. The average molecular weight is 718 g/mol. The van der Waals surface area contributed by atoms with Crippen LogP contribution in [0, 0.1) is 5.92 Å². The molecule has 0 fully saturated rings. The second-order valence-electron chi connectivity index (χ2n) is 11.5. The molecule has 3 unspecified atom stereocenters. The van der Waals surface area contributed by atoms with Crippen LogP contribution in [0.15, 0.2) is 36.4 Å². The Bertz CT molecular complexity index is 1290. The molecule has 0 saturated heterocycles. The van der Waals surface area contributed by atoms with Crippen molar-refractivity contribution < 1.29 is 43.0 Å². The highest BCUT2D eigenvalue weighted by atomic mass is 32.1. The van der Waals surface area contributed by atoms with Crippen LogP contribution in [-0.2, 0) is 44.8 Å². The topological polar surface area (TPSA) is 189 Å².